The zero-order valence-electron chi connectivity index (χ0n) is 7.64. The number of aliphatic hydroxyl groups excluding tert-OH is 1. The molecule has 0 amide bonds. The molecule has 2 atom stereocenters. The molecular formula is C9H13BrClNO2. The van der Waals surface area contributed by atoms with Crippen LogP contribution in [0.25, 0.3) is 0 Å². The van der Waals surface area contributed by atoms with Gasteiger partial charge in [0.1, 0.15) is 5.75 Å². The predicted octanol–water partition coefficient (Wildman–Crippen LogP) is 1.96. The first-order chi connectivity index (χ1) is 6.02. The van der Waals surface area contributed by atoms with Gasteiger partial charge in [0.25, 0.3) is 0 Å². The minimum absolute atomic E-state index is 0. The third-order valence-electron chi connectivity index (χ3n) is 1.86. The van der Waals surface area contributed by atoms with E-state index in [1.165, 1.54) is 0 Å². The van der Waals surface area contributed by atoms with Crippen molar-refractivity contribution in [2.75, 3.05) is 0 Å². The van der Waals surface area contributed by atoms with Crippen molar-refractivity contribution in [1.29, 1.82) is 0 Å². The predicted molar refractivity (Wildman–Crippen MR) is 61.7 cm³/mol. The Hall–Kier alpha value is -0.290. The monoisotopic (exact) mass is 281 g/mol. The molecule has 3 nitrogen and oxygen atoms in total. The maximum Gasteiger partial charge on any atom is 0.115 e. The molecule has 5 heteroatoms. The van der Waals surface area contributed by atoms with E-state index in [1.807, 2.05) is 0 Å². The summed E-state index contributed by atoms with van der Waals surface area (Å²) in [6.45, 7) is 1.61. The lowest BCUT2D eigenvalue weighted by molar-refractivity contribution is 0.164. The van der Waals surface area contributed by atoms with Gasteiger partial charge in [-0.15, -0.1) is 12.4 Å². The van der Waals surface area contributed by atoms with Crippen molar-refractivity contribution in [2.45, 2.75) is 19.1 Å². The number of nitrogens with two attached hydrogens (primary N) is 1. The summed E-state index contributed by atoms with van der Waals surface area (Å²) in [7, 11) is 0. The molecule has 0 unspecified atom stereocenters. The Kier molecular flexibility index (Phi) is 5.44. The number of phenolic OH excluding ortho intramolecular Hbond substituents is 1. The Morgan fingerprint density at radius 2 is 2.00 bits per heavy atom. The Labute approximate surface area is 97.5 Å². The van der Waals surface area contributed by atoms with E-state index in [-0.39, 0.29) is 18.2 Å². The molecule has 0 saturated carbocycles. The molecule has 0 bridgehead atoms. The number of hydrogen-bond donors (Lipinski definition) is 3. The van der Waals surface area contributed by atoms with Gasteiger partial charge in [0.05, 0.1) is 12.1 Å². The van der Waals surface area contributed by atoms with Crippen molar-refractivity contribution in [1.82, 2.24) is 0 Å². The number of aliphatic hydroxyl groups is 1. The fourth-order valence-corrected chi connectivity index (χ4v) is 1.56. The number of halogens is 2. The molecule has 1 aromatic carbocycles. The van der Waals surface area contributed by atoms with Crippen LogP contribution in [0.2, 0.25) is 0 Å². The molecule has 14 heavy (non-hydrogen) atoms. The van der Waals surface area contributed by atoms with Crippen LogP contribution in [0.3, 0.4) is 0 Å². The summed E-state index contributed by atoms with van der Waals surface area (Å²) in [5, 5.41) is 18.5. The molecule has 0 spiro atoms. The Balaban J connectivity index is 0.00000169. The summed E-state index contributed by atoms with van der Waals surface area (Å²) in [6.07, 6.45) is -0.641. The topological polar surface area (TPSA) is 66.5 Å². The van der Waals surface area contributed by atoms with Crippen molar-refractivity contribution in [3.63, 3.8) is 0 Å². The van der Waals surface area contributed by atoms with Crippen molar-refractivity contribution in [3.05, 3.63) is 28.2 Å². The Bertz CT molecular complexity index is 307. The summed E-state index contributed by atoms with van der Waals surface area (Å²) in [5.41, 5.74) is 6.42. The van der Waals surface area contributed by atoms with Gasteiger partial charge in [0.15, 0.2) is 0 Å². The van der Waals surface area contributed by atoms with Gasteiger partial charge in [0.2, 0.25) is 0 Å². The maximum atomic E-state index is 9.26. The lowest BCUT2D eigenvalue weighted by atomic mass is 10.0. The zero-order valence-corrected chi connectivity index (χ0v) is 10.0. The molecular weight excluding hydrogens is 269 g/mol. The minimum Gasteiger partial charge on any atom is -0.508 e. The smallest absolute Gasteiger partial charge is 0.115 e. The first-order valence-electron chi connectivity index (χ1n) is 3.94. The number of phenols is 1. The first-order valence-corrected chi connectivity index (χ1v) is 4.73. The van der Waals surface area contributed by atoms with Crippen molar-refractivity contribution in [2.24, 2.45) is 5.73 Å². The van der Waals surface area contributed by atoms with Crippen LogP contribution in [0, 0.1) is 0 Å². The Morgan fingerprint density at radius 3 is 2.50 bits per heavy atom. The van der Waals surface area contributed by atoms with E-state index in [4.69, 9.17) is 5.73 Å². The molecule has 0 saturated heterocycles. The highest BCUT2D eigenvalue weighted by atomic mass is 79.9. The van der Waals surface area contributed by atoms with Gasteiger partial charge in [-0.3, -0.25) is 0 Å². The number of benzene rings is 1. The SMILES string of the molecule is C[C@H](O)[C@H](N)c1cc(O)ccc1Br.Cl. The molecule has 0 fully saturated rings. The lowest BCUT2D eigenvalue weighted by Crippen LogP contribution is -2.23. The number of hydrogen-bond acceptors (Lipinski definition) is 3. The van der Waals surface area contributed by atoms with Crippen LogP contribution in [0.1, 0.15) is 18.5 Å². The molecule has 80 valence electrons. The van der Waals surface area contributed by atoms with Crippen LogP contribution < -0.4 is 5.73 Å². The quantitative estimate of drug-likeness (QED) is 0.777. The maximum absolute atomic E-state index is 9.26. The van der Waals surface area contributed by atoms with Gasteiger partial charge in [-0.2, -0.15) is 0 Å². The second-order valence-electron chi connectivity index (χ2n) is 2.97. The largest absolute Gasteiger partial charge is 0.508 e. The highest BCUT2D eigenvalue weighted by molar-refractivity contribution is 9.10. The minimum atomic E-state index is -0.641. The van der Waals surface area contributed by atoms with Gasteiger partial charge < -0.3 is 15.9 Å². The van der Waals surface area contributed by atoms with E-state index in [1.54, 1.807) is 25.1 Å². The van der Waals surface area contributed by atoms with Gasteiger partial charge in [-0.25, -0.2) is 0 Å². The van der Waals surface area contributed by atoms with Crippen molar-refractivity contribution >= 4 is 28.3 Å². The van der Waals surface area contributed by atoms with E-state index in [0.29, 0.717) is 5.56 Å². The molecule has 1 rings (SSSR count). The van der Waals surface area contributed by atoms with Crippen LogP contribution in [-0.2, 0) is 0 Å². The molecule has 4 N–H and O–H groups in total. The van der Waals surface area contributed by atoms with Crippen LogP contribution in [0.4, 0.5) is 0 Å². The Morgan fingerprint density at radius 1 is 1.43 bits per heavy atom. The highest BCUT2D eigenvalue weighted by Gasteiger charge is 2.15. The molecule has 0 radical (unpaired) electrons. The van der Waals surface area contributed by atoms with Crippen LogP contribution >= 0.6 is 28.3 Å². The van der Waals surface area contributed by atoms with Crippen LogP contribution in [-0.4, -0.2) is 16.3 Å². The zero-order chi connectivity index (χ0) is 10.0. The number of aromatic hydroxyl groups is 1. The fourth-order valence-electron chi connectivity index (χ4n) is 1.05. The van der Waals surface area contributed by atoms with Crippen LogP contribution in [0.15, 0.2) is 22.7 Å². The molecule has 0 aliphatic carbocycles. The van der Waals surface area contributed by atoms with Gasteiger partial charge in [0, 0.05) is 4.47 Å². The molecule has 0 aliphatic heterocycles. The lowest BCUT2D eigenvalue weighted by Gasteiger charge is -2.16. The fraction of sp³-hybridized carbons (Fsp3) is 0.333. The highest BCUT2D eigenvalue weighted by Crippen LogP contribution is 2.27. The van der Waals surface area contributed by atoms with E-state index >= 15 is 0 Å². The van der Waals surface area contributed by atoms with E-state index in [2.05, 4.69) is 15.9 Å². The second-order valence-corrected chi connectivity index (χ2v) is 3.83. The normalized spacial score (nSPS) is 14.3. The summed E-state index contributed by atoms with van der Waals surface area (Å²) < 4.78 is 0.790. The summed E-state index contributed by atoms with van der Waals surface area (Å²) in [6, 6.07) is 4.32. The molecule has 0 heterocycles. The summed E-state index contributed by atoms with van der Waals surface area (Å²) >= 11 is 3.30. The standard InChI is InChI=1S/C9H12BrNO2.ClH/c1-5(12)9(11)7-4-6(13)2-3-8(7)10;/h2-5,9,12-13H,11H2,1H3;1H/t5-,9-;/m0./s1. The van der Waals surface area contributed by atoms with Gasteiger partial charge in [-0.1, -0.05) is 15.9 Å². The van der Waals surface area contributed by atoms with E-state index in [0.717, 1.165) is 4.47 Å². The summed E-state index contributed by atoms with van der Waals surface area (Å²) in [4.78, 5) is 0. The van der Waals surface area contributed by atoms with Gasteiger partial charge >= 0.3 is 0 Å². The molecule has 0 aromatic heterocycles. The summed E-state index contributed by atoms with van der Waals surface area (Å²) in [5.74, 6) is 0.148. The van der Waals surface area contributed by atoms with Crippen LogP contribution in [0.5, 0.6) is 5.75 Å². The third-order valence-corrected chi connectivity index (χ3v) is 2.58. The van der Waals surface area contributed by atoms with E-state index < -0.39 is 12.1 Å². The van der Waals surface area contributed by atoms with E-state index in [9.17, 15) is 10.2 Å². The number of rotatable bonds is 2. The second kappa shape index (κ2) is 5.56. The third kappa shape index (κ3) is 3.13. The first kappa shape index (κ1) is 13.7. The van der Waals surface area contributed by atoms with Crippen molar-refractivity contribution in [3.8, 4) is 5.75 Å². The van der Waals surface area contributed by atoms with Gasteiger partial charge in [-0.05, 0) is 30.7 Å². The average Bonchev–Trinajstić information content (AvgIpc) is 2.08. The molecule has 0 aliphatic rings. The average molecular weight is 283 g/mol. The molecule has 1 aromatic rings. The van der Waals surface area contributed by atoms with Crippen molar-refractivity contribution < 1.29 is 10.2 Å².